The highest BCUT2D eigenvalue weighted by molar-refractivity contribution is 9.10. The van der Waals surface area contributed by atoms with E-state index in [-0.39, 0.29) is 5.82 Å². The summed E-state index contributed by atoms with van der Waals surface area (Å²) in [4.78, 5) is 0. The van der Waals surface area contributed by atoms with E-state index in [2.05, 4.69) is 35.1 Å². The Bertz CT molecular complexity index is 346. The van der Waals surface area contributed by atoms with Gasteiger partial charge in [-0.2, -0.15) is 0 Å². The summed E-state index contributed by atoms with van der Waals surface area (Å²) in [5.74, 6) is -0.169. The van der Waals surface area contributed by atoms with Gasteiger partial charge in [-0.1, -0.05) is 38.8 Å². The first-order valence-electron chi connectivity index (χ1n) is 6.85. The van der Waals surface area contributed by atoms with Gasteiger partial charge in [-0.15, -0.1) is 0 Å². The highest BCUT2D eigenvalue weighted by Crippen LogP contribution is 2.22. The molecule has 3 heteroatoms. The zero-order valence-electron chi connectivity index (χ0n) is 11.3. The molecule has 1 N–H and O–H groups in total. The Balaban J connectivity index is 2.65. The SMILES string of the molecule is CCCCC(Cc1cccc(F)c1Br)NCCC. The Morgan fingerprint density at radius 1 is 1.28 bits per heavy atom. The molecule has 0 radical (unpaired) electrons. The summed E-state index contributed by atoms with van der Waals surface area (Å²) < 4.78 is 14.1. The predicted molar refractivity (Wildman–Crippen MR) is 79.4 cm³/mol. The summed E-state index contributed by atoms with van der Waals surface area (Å²) in [6, 6.07) is 5.72. The normalized spacial score (nSPS) is 12.7. The van der Waals surface area contributed by atoms with Crippen LogP contribution in [0, 0.1) is 5.82 Å². The van der Waals surface area contributed by atoms with Crippen LogP contribution in [-0.2, 0) is 6.42 Å². The van der Waals surface area contributed by atoms with Crippen LogP contribution in [0.4, 0.5) is 4.39 Å². The molecule has 0 fully saturated rings. The fourth-order valence-electron chi connectivity index (χ4n) is 2.05. The second-order valence-electron chi connectivity index (χ2n) is 4.71. The van der Waals surface area contributed by atoms with Crippen molar-refractivity contribution in [3.63, 3.8) is 0 Å². The number of unbranched alkanes of at least 4 members (excludes halogenated alkanes) is 1. The molecular formula is C15H23BrFN. The minimum Gasteiger partial charge on any atom is -0.314 e. The van der Waals surface area contributed by atoms with E-state index in [1.807, 2.05) is 6.07 Å². The fourth-order valence-corrected chi connectivity index (χ4v) is 2.47. The van der Waals surface area contributed by atoms with Crippen molar-refractivity contribution in [2.75, 3.05) is 6.54 Å². The van der Waals surface area contributed by atoms with Crippen LogP contribution in [0.25, 0.3) is 0 Å². The topological polar surface area (TPSA) is 12.0 Å². The smallest absolute Gasteiger partial charge is 0.137 e. The van der Waals surface area contributed by atoms with Crippen molar-refractivity contribution in [1.29, 1.82) is 0 Å². The molecule has 0 aliphatic rings. The van der Waals surface area contributed by atoms with Crippen LogP contribution in [0.15, 0.2) is 22.7 Å². The number of nitrogens with one attached hydrogen (secondary N) is 1. The number of hydrogen-bond donors (Lipinski definition) is 1. The van der Waals surface area contributed by atoms with E-state index in [4.69, 9.17) is 0 Å². The van der Waals surface area contributed by atoms with E-state index in [1.165, 1.54) is 18.9 Å². The molecule has 1 unspecified atom stereocenters. The summed E-state index contributed by atoms with van der Waals surface area (Å²) in [5, 5.41) is 3.56. The monoisotopic (exact) mass is 315 g/mol. The van der Waals surface area contributed by atoms with Crippen molar-refractivity contribution in [3.8, 4) is 0 Å². The second-order valence-corrected chi connectivity index (χ2v) is 5.50. The van der Waals surface area contributed by atoms with Gasteiger partial charge < -0.3 is 5.32 Å². The van der Waals surface area contributed by atoms with Crippen LogP contribution in [0.2, 0.25) is 0 Å². The Morgan fingerprint density at radius 3 is 2.72 bits per heavy atom. The summed E-state index contributed by atoms with van der Waals surface area (Å²) in [6.07, 6.45) is 5.59. The highest BCUT2D eigenvalue weighted by atomic mass is 79.9. The van der Waals surface area contributed by atoms with Gasteiger partial charge in [0.25, 0.3) is 0 Å². The van der Waals surface area contributed by atoms with Gasteiger partial charge in [-0.3, -0.25) is 0 Å². The summed E-state index contributed by atoms with van der Waals surface area (Å²) in [6.45, 7) is 5.40. The molecule has 1 atom stereocenters. The van der Waals surface area contributed by atoms with Gasteiger partial charge in [0, 0.05) is 6.04 Å². The van der Waals surface area contributed by atoms with Gasteiger partial charge >= 0.3 is 0 Å². The third-order valence-electron chi connectivity index (χ3n) is 3.09. The van der Waals surface area contributed by atoms with Gasteiger partial charge in [0.2, 0.25) is 0 Å². The maximum atomic E-state index is 13.5. The first-order chi connectivity index (χ1) is 8.69. The Morgan fingerprint density at radius 2 is 2.06 bits per heavy atom. The van der Waals surface area contributed by atoms with Crippen LogP contribution in [-0.4, -0.2) is 12.6 Å². The van der Waals surface area contributed by atoms with Gasteiger partial charge in [0.05, 0.1) is 4.47 Å². The maximum absolute atomic E-state index is 13.5. The average molecular weight is 316 g/mol. The Hall–Kier alpha value is -0.410. The van der Waals surface area contributed by atoms with E-state index in [0.29, 0.717) is 10.5 Å². The number of hydrogen-bond acceptors (Lipinski definition) is 1. The zero-order valence-corrected chi connectivity index (χ0v) is 12.9. The fraction of sp³-hybridized carbons (Fsp3) is 0.600. The van der Waals surface area contributed by atoms with Crippen LogP contribution in [0.1, 0.15) is 45.1 Å². The molecule has 0 saturated heterocycles. The number of halogens is 2. The lowest BCUT2D eigenvalue weighted by Gasteiger charge is -2.19. The van der Waals surface area contributed by atoms with Crippen molar-refractivity contribution in [2.24, 2.45) is 0 Å². The molecule has 0 spiro atoms. The predicted octanol–water partition coefficient (Wildman–Crippen LogP) is 4.69. The maximum Gasteiger partial charge on any atom is 0.137 e. The van der Waals surface area contributed by atoms with E-state index in [0.717, 1.165) is 31.4 Å². The Kier molecular flexibility index (Phi) is 7.52. The van der Waals surface area contributed by atoms with Gasteiger partial charge in [0.15, 0.2) is 0 Å². The average Bonchev–Trinajstić information content (AvgIpc) is 2.38. The largest absolute Gasteiger partial charge is 0.314 e. The Labute approximate surface area is 118 Å². The third kappa shape index (κ3) is 5.07. The lowest BCUT2D eigenvalue weighted by atomic mass is 10.0. The molecule has 0 heterocycles. The molecule has 1 nitrogen and oxygen atoms in total. The molecule has 0 aliphatic heterocycles. The third-order valence-corrected chi connectivity index (χ3v) is 3.98. The molecule has 0 saturated carbocycles. The summed E-state index contributed by atoms with van der Waals surface area (Å²) in [7, 11) is 0. The quantitative estimate of drug-likeness (QED) is 0.734. The van der Waals surface area contributed by atoms with E-state index >= 15 is 0 Å². The molecular weight excluding hydrogens is 293 g/mol. The number of rotatable bonds is 8. The summed E-state index contributed by atoms with van der Waals surface area (Å²) >= 11 is 3.34. The lowest BCUT2D eigenvalue weighted by Crippen LogP contribution is -2.31. The first-order valence-corrected chi connectivity index (χ1v) is 7.64. The minimum absolute atomic E-state index is 0.169. The van der Waals surface area contributed by atoms with Gasteiger partial charge in [0.1, 0.15) is 5.82 Å². The number of benzene rings is 1. The second kappa shape index (κ2) is 8.65. The van der Waals surface area contributed by atoms with Crippen molar-refractivity contribution >= 4 is 15.9 Å². The van der Waals surface area contributed by atoms with E-state index in [1.54, 1.807) is 6.07 Å². The van der Waals surface area contributed by atoms with Crippen LogP contribution in [0.5, 0.6) is 0 Å². The van der Waals surface area contributed by atoms with Gasteiger partial charge in [-0.25, -0.2) is 4.39 Å². The highest BCUT2D eigenvalue weighted by Gasteiger charge is 2.12. The molecule has 1 aromatic carbocycles. The van der Waals surface area contributed by atoms with Gasteiger partial charge in [-0.05, 0) is 53.4 Å². The van der Waals surface area contributed by atoms with Crippen molar-refractivity contribution in [1.82, 2.24) is 5.32 Å². The van der Waals surface area contributed by atoms with Crippen LogP contribution < -0.4 is 5.32 Å². The lowest BCUT2D eigenvalue weighted by molar-refractivity contribution is 0.460. The molecule has 0 amide bonds. The van der Waals surface area contributed by atoms with Crippen LogP contribution >= 0.6 is 15.9 Å². The molecule has 18 heavy (non-hydrogen) atoms. The van der Waals surface area contributed by atoms with Crippen molar-refractivity contribution in [3.05, 3.63) is 34.1 Å². The summed E-state index contributed by atoms with van der Waals surface area (Å²) in [5.41, 5.74) is 1.06. The molecule has 102 valence electrons. The van der Waals surface area contributed by atoms with E-state index < -0.39 is 0 Å². The molecule has 0 aromatic heterocycles. The molecule has 0 aliphatic carbocycles. The van der Waals surface area contributed by atoms with Crippen LogP contribution in [0.3, 0.4) is 0 Å². The first kappa shape index (κ1) is 15.6. The minimum atomic E-state index is -0.169. The molecule has 0 bridgehead atoms. The molecule has 1 rings (SSSR count). The standard InChI is InChI=1S/C15H23BrFN/c1-3-5-8-13(18-10-4-2)11-12-7-6-9-14(17)15(12)16/h6-7,9,13,18H,3-5,8,10-11H2,1-2H3. The van der Waals surface area contributed by atoms with E-state index in [9.17, 15) is 4.39 Å². The molecule has 1 aromatic rings. The van der Waals surface area contributed by atoms with Crippen molar-refractivity contribution in [2.45, 2.75) is 52.0 Å². The zero-order chi connectivity index (χ0) is 13.4. The van der Waals surface area contributed by atoms with Crippen molar-refractivity contribution < 1.29 is 4.39 Å².